The standard InChI is InChI=1S/C13H17NO2.ClH/c1-16-13(15)11-5-2-4-10(8-11)12-6-3-7-14-9-12;/h2,4-5,8,12,14H,3,6-7,9H2,1H3;1H/t12-;/m0./s1. The topological polar surface area (TPSA) is 38.3 Å². The minimum absolute atomic E-state index is 0. The second kappa shape index (κ2) is 6.62. The smallest absolute Gasteiger partial charge is 0.337 e. The second-order valence-corrected chi connectivity index (χ2v) is 4.16. The summed E-state index contributed by atoms with van der Waals surface area (Å²) < 4.78 is 4.72. The summed E-state index contributed by atoms with van der Waals surface area (Å²) >= 11 is 0. The molecule has 0 bridgehead atoms. The molecule has 94 valence electrons. The van der Waals surface area contributed by atoms with Crippen LogP contribution in [0.5, 0.6) is 0 Å². The van der Waals surface area contributed by atoms with Crippen LogP contribution in [-0.2, 0) is 4.74 Å². The van der Waals surface area contributed by atoms with Crippen LogP contribution in [-0.4, -0.2) is 26.2 Å². The van der Waals surface area contributed by atoms with E-state index in [4.69, 9.17) is 4.74 Å². The molecule has 3 nitrogen and oxygen atoms in total. The Hall–Kier alpha value is -1.06. The van der Waals surface area contributed by atoms with Crippen molar-refractivity contribution in [2.45, 2.75) is 18.8 Å². The number of esters is 1. The quantitative estimate of drug-likeness (QED) is 0.825. The van der Waals surface area contributed by atoms with Gasteiger partial charge in [-0.2, -0.15) is 0 Å². The molecular formula is C13H18ClNO2. The molecule has 4 heteroatoms. The zero-order valence-corrected chi connectivity index (χ0v) is 10.8. The van der Waals surface area contributed by atoms with Crippen LogP contribution >= 0.6 is 12.4 Å². The van der Waals surface area contributed by atoms with Crippen molar-refractivity contribution in [2.24, 2.45) is 0 Å². The van der Waals surface area contributed by atoms with Gasteiger partial charge in [0, 0.05) is 6.54 Å². The summed E-state index contributed by atoms with van der Waals surface area (Å²) in [6.45, 7) is 2.11. The number of hydrogen-bond acceptors (Lipinski definition) is 3. The molecule has 1 aliphatic rings. The highest BCUT2D eigenvalue weighted by Crippen LogP contribution is 2.23. The fraction of sp³-hybridized carbons (Fsp3) is 0.462. The van der Waals surface area contributed by atoms with Crippen LogP contribution in [0.25, 0.3) is 0 Å². The lowest BCUT2D eigenvalue weighted by atomic mass is 9.91. The minimum Gasteiger partial charge on any atom is -0.465 e. The number of benzene rings is 1. The fourth-order valence-electron chi connectivity index (χ4n) is 2.17. The maximum absolute atomic E-state index is 11.4. The van der Waals surface area contributed by atoms with E-state index in [1.807, 2.05) is 12.1 Å². The van der Waals surface area contributed by atoms with Gasteiger partial charge < -0.3 is 10.1 Å². The largest absolute Gasteiger partial charge is 0.465 e. The first kappa shape index (κ1) is 14.0. The molecule has 1 aromatic carbocycles. The maximum Gasteiger partial charge on any atom is 0.337 e. The third kappa shape index (κ3) is 3.45. The van der Waals surface area contributed by atoms with Crippen LogP contribution in [0.2, 0.25) is 0 Å². The Bertz CT molecular complexity index is 375. The van der Waals surface area contributed by atoms with Crippen LogP contribution in [0.15, 0.2) is 24.3 Å². The molecule has 1 fully saturated rings. The van der Waals surface area contributed by atoms with Crippen molar-refractivity contribution in [1.82, 2.24) is 5.32 Å². The van der Waals surface area contributed by atoms with Gasteiger partial charge in [0.2, 0.25) is 0 Å². The molecule has 17 heavy (non-hydrogen) atoms. The van der Waals surface area contributed by atoms with Gasteiger partial charge in [-0.3, -0.25) is 0 Å². The molecule has 1 aromatic rings. The van der Waals surface area contributed by atoms with Crippen molar-refractivity contribution in [3.8, 4) is 0 Å². The molecule has 0 saturated carbocycles. The van der Waals surface area contributed by atoms with Gasteiger partial charge in [-0.25, -0.2) is 4.79 Å². The zero-order valence-electron chi connectivity index (χ0n) is 9.94. The molecule has 0 spiro atoms. The molecular weight excluding hydrogens is 238 g/mol. The molecule has 0 radical (unpaired) electrons. The van der Waals surface area contributed by atoms with Gasteiger partial charge in [0.25, 0.3) is 0 Å². The Morgan fingerprint density at radius 3 is 2.94 bits per heavy atom. The SMILES string of the molecule is COC(=O)c1cccc([C@H]2CCCNC2)c1.Cl. The Balaban J connectivity index is 0.00000144. The monoisotopic (exact) mass is 255 g/mol. The van der Waals surface area contributed by atoms with Crippen LogP contribution in [0.3, 0.4) is 0 Å². The predicted octanol–water partition coefficient (Wildman–Crippen LogP) is 2.36. The number of halogens is 1. The molecule has 0 unspecified atom stereocenters. The van der Waals surface area contributed by atoms with E-state index in [9.17, 15) is 4.79 Å². The van der Waals surface area contributed by atoms with Gasteiger partial charge in [0.05, 0.1) is 12.7 Å². The minimum atomic E-state index is -0.259. The number of methoxy groups -OCH3 is 1. The molecule has 1 atom stereocenters. The van der Waals surface area contributed by atoms with E-state index in [-0.39, 0.29) is 18.4 Å². The molecule has 1 saturated heterocycles. The first-order chi connectivity index (χ1) is 7.81. The maximum atomic E-state index is 11.4. The summed E-state index contributed by atoms with van der Waals surface area (Å²) in [6, 6.07) is 7.76. The normalized spacial score (nSPS) is 19.2. The van der Waals surface area contributed by atoms with Crippen molar-refractivity contribution in [2.75, 3.05) is 20.2 Å². The highest BCUT2D eigenvalue weighted by atomic mass is 35.5. The molecule has 1 N–H and O–H groups in total. The van der Waals surface area contributed by atoms with Gasteiger partial charge >= 0.3 is 5.97 Å². The summed E-state index contributed by atoms with van der Waals surface area (Å²) in [6.07, 6.45) is 2.39. The van der Waals surface area contributed by atoms with Gasteiger partial charge in [0.1, 0.15) is 0 Å². The molecule has 1 heterocycles. The van der Waals surface area contributed by atoms with E-state index in [2.05, 4.69) is 11.4 Å². The number of nitrogens with one attached hydrogen (secondary N) is 1. The van der Waals surface area contributed by atoms with Crippen molar-refractivity contribution in [3.63, 3.8) is 0 Å². The zero-order chi connectivity index (χ0) is 11.4. The van der Waals surface area contributed by atoms with Crippen molar-refractivity contribution in [3.05, 3.63) is 35.4 Å². The lowest BCUT2D eigenvalue weighted by molar-refractivity contribution is 0.0600. The van der Waals surface area contributed by atoms with Gasteiger partial charge in [-0.05, 0) is 43.0 Å². The molecule has 0 amide bonds. The van der Waals surface area contributed by atoms with Crippen molar-refractivity contribution >= 4 is 18.4 Å². The molecule has 0 aliphatic carbocycles. The number of carbonyl (C=O) groups is 1. The van der Waals surface area contributed by atoms with Crippen LogP contribution in [0, 0.1) is 0 Å². The third-order valence-corrected chi connectivity index (χ3v) is 3.08. The number of ether oxygens (including phenoxy) is 1. The van der Waals surface area contributed by atoms with E-state index in [1.165, 1.54) is 25.5 Å². The molecule has 0 aromatic heterocycles. The Morgan fingerprint density at radius 1 is 1.47 bits per heavy atom. The predicted molar refractivity (Wildman–Crippen MR) is 69.9 cm³/mol. The number of carbonyl (C=O) groups excluding carboxylic acids is 1. The molecule has 2 rings (SSSR count). The number of piperidine rings is 1. The number of hydrogen-bond donors (Lipinski definition) is 1. The second-order valence-electron chi connectivity index (χ2n) is 4.16. The Labute approximate surface area is 108 Å². The van der Waals surface area contributed by atoms with Crippen molar-refractivity contribution in [1.29, 1.82) is 0 Å². The Kier molecular flexibility index (Phi) is 5.45. The fourth-order valence-corrected chi connectivity index (χ4v) is 2.17. The van der Waals surface area contributed by atoms with Gasteiger partial charge in [-0.15, -0.1) is 12.4 Å². The van der Waals surface area contributed by atoms with Gasteiger partial charge in [-0.1, -0.05) is 12.1 Å². The highest BCUT2D eigenvalue weighted by molar-refractivity contribution is 5.89. The summed E-state index contributed by atoms with van der Waals surface area (Å²) in [5, 5.41) is 3.38. The first-order valence-electron chi connectivity index (χ1n) is 5.70. The van der Waals surface area contributed by atoms with E-state index in [0.29, 0.717) is 11.5 Å². The van der Waals surface area contributed by atoms with E-state index in [0.717, 1.165) is 13.1 Å². The summed E-state index contributed by atoms with van der Waals surface area (Å²) in [7, 11) is 1.41. The van der Waals surface area contributed by atoms with Crippen molar-refractivity contribution < 1.29 is 9.53 Å². The van der Waals surface area contributed by atoms with Gasteiger partial charge in [0.15, 0.2) is 0 Å². The Morgan fingerprint density at radius 2 is 2.29 bits per heavy atom. The third-order valence-electron chi connectivity index (χ3n) is 3.08. The highest BCUT2D eigenvalue weighted by Gasteiger charge is 2.16. The van der Waals surface area contributed by atoms with Crippen LogP contribution in [0.4, 0.5) is 0 Å². The lowest BCUT2D eigenvalue weighted by Crippen LogP contribution is -2.28. The van der Waals surface area contributed by atoms with Crippen LogP contribution < -0.4 is 5.32 Å². The summed E-state index contributed by atoms with van der Waals surface area (Å²) in [4.78, 5) is 11.4. The summed E-state index contributed by atoms with van der Waals surface area (Å²) in [5.41, 5.74) is 1.88. The average molecular weight is 256 g/mol. The van der Waals surface area contributed by atoms with Crippen LogP contribution in [0.1, 0.15) is 34.7 Å². The van der Waals surface area contributed by atoms with E-state index >= 15 is 0 Å². The first-order valence-corrected chi connectivity index (χ1v) is 5.70. The van der Waals surface area contributed by atoms with E-state index in [1.54, 1.807) is 6.07 Å². The summed E-state index contributed by atoms with van der Waals surface area (Å²) in [5.74, 6) is 0.268. The lowest BCUT2D eigenvalue weighted by Gasteiger charge is -2.23. The molecule has 1 aliphatic heterocycles. The van der Waals surface area contributed by atoms with E-state index < -0.39 is 0 Å². The average Bonchev–Trinajstić information content (AvgIpc) is 2.39. The number of rotatable bonds is 2.